The van der Waals surface area contributed by atoms with Crippen molar-refractivity contribution in [3.8, 4) is 0 Å². The Labute approximate surface area is 96.4 Å². The molecule has 0 aliphatic heterocycles. The van der Waals surface area contributed by atoms with E-state index in [0.717, 1.165) is 5.69 Å². The number of anilines is 1. The molecule has 0 atom stereocenters. The molecule has 0 saturated carbocycles. The van der Waals surface area contributed by atoms with E-state index >= 15 is 0 Å². The Kier molecular flexibility index (Phi) is 3.39. The third-order valence-electron chi connectivity index (χ3n) is 2.34. The van der Waals surface area contributed by atoms with Gasteiger partial charge in [0.2, 0.25) is 0 Å². The van der Waals surface area contributed by atoms with Crippen LogP contribution in [-0.2, 0) is 0 Å². The molecule has 1 N–H and O–H groups in total. The zero-order valence-corrected chi connectivity index (χ0v) is 9.35. The molecular formula is C15H15N. The van der Waals surface area contributed by atoms with Gasteiger partial charge in [-0.25, -0.2) is 0 Å². The highest BCUT2D eigenvalue weighted by atomic mass is 14.8. The van der Waals surface area contributed by atoms with Gasteiger partial charge in [-0.1, -0.05) is 48.0 Å². The van der Waals surface area contributed by atoms with Crippen molar-refractivity contribution < 1.29 is 0 Å². The van der Waals surface area contributed by atoms with Crippen molar-refractivity contribution >= 4 is 11.8 Å². The lowest BCUT2D eigenvalue weighted by molar-refractivity contribution is 1.46. The third kappa shape index (κ3) is 2.99. The smallest absolute Gasteiger partial charge is 0.0379 e. The Morgan fingerprint density at radius 1 is 0.938 bits per heavy atom. The van der Waals surface area contributed by atoms with E-state index < -0.39 is 0 Å². The maximum Gasteiger partial charge on any atom is 0.0379 e. The first kappa shape index (κ1) is 10.5. The van der Waals surface area contributed by atoms with E-state index in [1.54, 1.807) is 0 Å². The maximum atomic E-state index is 3.23. The molecule has 0 amide bonds. The molecule has 0 aromatic heterocycles. The van der Waals surface area contributed by atoms with Crippen molar-refractivity contribution in [1.82, 2.24) is 0 Å². The van der Waals surface area contributed by atoms with Crippen LogP contribution in [0.1, 0.15) is 11.1 Å². The van der Waals surface area contributed by atoms with Gasteiger partial charge in [0.05, 0.1) is 0 Å². The highest BCUT2D eigenvalue weighted by molar-refractivity contribution is 5.55. The molecule has 0 saturated heterocycles. The fraction of sp³-hybridized carbons (Fsp3) is 0.0667. The molecule has 16 heavy (non-hydrogen) atoms. The summed E-state index contributed by atoms with van der Waals surface area (Å²) in [6.45, 7) is 2.10. The minimum Gasteiger partial charge on any atom is -0.362 e. The quantitative estimate of drug-likeness (QED) is 0.803. The predicted octanol–water partition coefficient (Wildman–Crippen LogP) is 4.08. The first-order valence-corrected chi connectivity index (χ1v) is 5.39. The van der Waals surface area contributed by atoms with Gasteiger partial charge in [0.1, 0.15) is 0 Å². The van der Waals surface area contributed by atoms with E-state index in [1.807, 2.05) is 36.5 Å². The average Bonchev–Trinajstić information content (AvgIpc) is 2.30. The van der Waals surface area contributed by atoms with E-state index in [9.17, 15) is 0 Å². The van der Waals surface area contributed by atoms with E-state index in [1.165, 1.54) is 11.1 Å². The zero-order valence-electron chi connectivity index (χ0n) is 9.35. The van der Waals surface area contributed by atoms with Crippen LogP contribution in [0.5, 0.6) is 0 Å². The molecule has 0 spiro atoms. The lowest BCUT2D eigenvalue weighted by Gasteiger charge is -1.99. The average molecular weight is 209 g/mol. The number of rotatable bonds is 3. The van der Waals surface area contributed by atoms with Crippen LogP contribution in [0, 0.1) is 6.92 Å². The zero-order chi connectivity index (χ0) is 11.2. The van der Waals surface area contributed by atoms with Gasteiger partial charge in [0.15, 0.2) is 0 Å². The van der Waals surface area contributed by atoms with E-state index in [0.29, 0.717) is 0 Å². The fourth-order valence-electron chi connectivity index (χ4n) is 1.54. The van der Waals surface area contributed by atoms with Gasteiger partial charge in [0, 0.05) is 11.9 Å². The second-order valence-corrected chi connectivity index (χ2v) is 3.76. The molecule has 1 nitrogen and oxygen atoms in total. The first-order valence-electron chi connectivity index (χ1n) is 5.39. The van der Waals surface area contributed by atoms with Crippen molar-refractivity contribution in [3.05, 3.63) is 71.9 Å². The van der Waals surface area contributed by atoms with E-state index in [4.69, 9.17) is 0 Å². The van der Waals surface area contributed by atoms with Crippen LogP contribution < -0.4 is 5.32 Å². The van der Waals surface area contributed by atoms with Crippen molar-refractivity contribution in [1.29, 1.82) is 0 Å². The van der Waals surface area contributed by atoms with E-state index in [2.05, 4.69) is 42.6 Å². The summed E-state index contributed by atoms with van der Waals surface area (Å²) in [7, 11) is 0. The summed E-state index contributed by atoms with van der Waals surface area (Å²) in [6.07, 6.45) is 4.03. The monoisotopic (exact) mass is 209 g/mol. The molecule has 0 fully saturated rings. The van der Waals surface area contributed by atoms with Crippen molar-refractivity contribution in [3.63, 3.8) is 0 Å². The molecule has 0 aliphatic rings. The Bertz CT molecular complexity index is 472. The Morgan fingerprint density at radius 3 is 2.50 bits per heavy atom. The number of nitrogens with one attached hydrogen (secondary N) is 1. The molecule has 0 aliphatic carbocycles. The largest absolute Gasteiger partial charge is 0.362 e. The Morgan fingerprint density at radius 2 is 1.75 bits per heavy atom. The summed E-state index contributed by atoms with van der Waals surface area (Å²) in [5.74, 6) is 0. The second kappa shape index (κ2) is 5.17. The van der Waals surface area contributed by atoms with Crippen LogP contribution in [0.15, 0.2) is 60.8 Å². The molecule has 0 radical (unpaired) electrons. The van der Waals surface area contributed by atoms with Crippen LogP contribution in [0.4, 0.5) is 5.69 Å². The van der Waals surface area contributed by atoms with Gasteiger partial charge < -0.3 is 5.32 Å². The third-order valence-corrected chi connectivity index (χ3v) is 2.34. The van der Waals surface area contributed by atoms with Gasteiger partial charge in [-0.2, -0.15) is 0 Å². The highest BCUT2D eigenvalue weighted by Gasteiger charge is 1.87. The van der Waals surface area contributed by atoms with Crippen LogP contribution in [-0.4, -0.2) is 0 Å². The number of hydrogen-bond acceptors (Lipinski definition) is 1. The summed E-state index contributed by atoms with van der Waals surface area (Å²) in [6, 6.07) is 18.5. The summed E-state index contributed by atoms with van der Waals surface area (Å²) in [5.41, 5.74) is 3.59. The predicted molar refractivity (Wildman–Crippen MR) is 70.3 cm³/mol. The standard InChI is InChI=1S/C15H15N/c1-13-6-5-7-14(12-13)10-11-16-15-8-3-2-4-9-15/h2-12,16H,1H3/b11-10+. The van der Waals surface area contributed by atoms with Crippen LogP contribution >= 0.6 is 0 Å². The molecule has 1 heteroatoms. The number of aryl methyl sites for hydroxylation is 1. The lowest BCUT2D eigenvalue weighted by atomic mass is 10.1. The molecule has 2 aromatic rings. The summed E-state index contributed by atoms with van der Waals surface area (Å²) >= 11 is 0. The molecule has 0 heterocycles. The number of para-hydroxylation sites is 1. The maximum absolute atomic E-state index is 3.23. The van der Waals surface area contributed by atoms with Gasteiger partial charge >= 0.3 is 0 Å². The molecule has 0 bridgehead atoms. The topological polar surface area (TPSA) is 12.0 Å². The Hall–Kier alpha value is -2.02. The van der Waals surface area contributed by atoms with Crippen molar-refractivity contribution in [2.75, 3.05) is 5.32 Å². The van der Waals surface area contributed by atoms with Gasteiger partial charge in [-0.05, 0) is 30.7 Å². The molecule has 0 unspecified atom stereocenters. The SMILES string of the molecule is Cc1cccc(/C=C/Nc2ccccc2)c1. The van der Waals surface area contributed by atoms with Crippen LogP contribution in [0.3, 0.4) is 0 Å². The Balaban J connectivity index is 2.00. The minimum atomic E-state index is 1.10. The minimum absolute atomic E-state index is 1.10. The van der Waals surface area contributed by atoms with Crippen molar-refractivity contribution in [2.45, 2.75) is 6.92 Å². The van der Waals surface area contributed by atoms with E-state index in [-0.39, 0.29) is 0 Å². The normalized spacial score (nSPS) is 10.6. The van der Waals surface area contributed by atoms with Gasteiger partial charge in [-0.3, -0.25) is 0 Å². The first-order chi connectivity index (χ1) is 7.84. The summed E-state index contributed by atoms with van der Waals surface area (Å²) in [4.78, 5) is 0. The van der Waals surface area contributed by atoms with Crippen molar-refractivity contribution in [2.24, 2.45) is 0 Å². The molecule has 2 aromatic carbocycles. The van der Waals surface area contributed by atoms with Crippen LogP contribution in [0.2, 0.25) is 0 Å². The summed E-state index contributed by atoms with van der Waals surface area (Å²) < 4.78 is 0. The highest BCUT2D eigenvalue weighted by Crippen LogP contribution is 2.08. The lowest BCUT2D eigenvalue weighted by Crippen LogP contribution is -1.85. The molecule has 2 rings (SSSR count). The number of benzene rings is 2. The number of hydrogen-bond donors (Lipinski definition) is 1. The second-order valence-electron chi connectivity index (χ2n) is 3.76. The summed E-state index contributed by atoms with van der Waals surface area (Å²) in [5, 5.41) is 3.23. The fourth-order valence-corrected chi connectivity index (χ4v) is 1.54. The molecular weight excluding hydrogens is 194 g/mol. The molecule has 80 valence electrons. The van der Waals surface area contributed by atoms with Gasteiger partial charge in [0.25, 0.3) is 0 Å². The van der Waals surface area contributed by atoms with Crippen LogP contribution in [0.25, 0.3) is 6.08 Å². The van der Waals surface area contributed by atoms with Gasteiger partial charge in [-0.15, -0.1) is 0 Å².